The highest BCUT2D eigenvalue weighted by Gasteiger charge is 2.22. The van der Waals surface area contributed by atoms with Crippen molar-refractivity contribution in [1.82, 2.24) is 15.5 Å². The summed E-state index contributed by atoms with van der Waals surface area (Å²) < 4.78 is 11.1. The molecule has 0 atom stereocenters. The lowest BCUT2D eigenvalue weighted by molar-refractivity contribution is 0.0951. The van der Waals surface area contributed by atoms with E-state index in [1.54, 1.807) is 12.1 Å². The van der Waals surface area contributed by atoms with Gasteiger partial charge in [-0.1, -0.05) is 35.5 Å². The molecule has 0 unspecified atom stereocenters. The number of carbonyl (C=O) groups excluding carboxylic acids is 1. The highest BCUT2D eigenvalue weighted by molar-refractivity contribution is 5.93. The van der Waals surface area contributed by atoms with Gasteiger partial charge in [0.1, 0.15) is 18.1 Å². The van der Waals surface area contributed by atoms with Crippen LogP contribution in [0.3, 0.4) is 0 Å². The zero-order valence-corrected chi connectivity index (χ0v) is 15.1. The molecule has 1 aliphatic rings. The molecule has 1 amide bonds. The molecule has 0 aliphatic heterocycles. The maximum Gasteiger partial charge on any atom is 0.252 e. The second kappa shape index (κ2) is 7.61. The highest BCUT2D eigenvalue weighted by Crippen LogP contribution is 2.28. The van der Waals surface area contributed by atoms with E-state index in [4.69, 9.17) is 9.26 Å². The molecule has 0 saturated heterocycles. The summed E-state index contributed by atoms with van der Waals surface area (Å²) in [6.45, 7) is 2.89. The predicted octanol–water partition coefficient (Wildman–Crippen LogP) is 3.76. The fourth-order valence-electron chi connectivity index (χ4n) is 2.79. The van der Waals surface area contributed by atoms with E-state index in [0.29, 0.717) is 29.7 Å². The zero-order valence-electron chi connectivity index (χ0n) is 15.1. The number of nitrogens with zero attached hydrogens (tertiary/aromatic N) is 2. The van der Waals surface area contributed by atoms with E-state index in [0.717, 1.165) is 23.4 Å². The minimum absolute atomic E-state index is 0.0952. The van der Waals surface area contributed by atoms with Gasteiger partial charge in [-0.05, 0) is 31.7 Å². The molecular formula is C21H21N3O3. The number of carbonyl (C=O) groups is 1. The first-order valence-electron chi connectivity index (χ1n) is 9.08. The van der Waals surface area contributed by atoms with Gasteiger partial charge in [-0.15, -0.1) is 0 Å². The lowest BCUT2D eigenvalue weighted by Crippen LogP contribution is -2.25. The van der Waals surface area contributed by atoms with Gasteiger partial charge in [-0.2, -0.15) is 0 Å². The van der Waals surface area contributed by atoms with Crippen LogP contribution >= 0.6 is 0 Å². The van der Waals surface area contributed by atoms with Crippen molar-refractivity contribution in [2.45, 2.75) is 26.4 Å². The lowest BCUT2D eigenvalue weighted by Gasteiger charge is -2.07. The van der Waals surface area contributed by atoms with Gasteiger partial charge in [0.2, 0.25) is 5.88 Å². The van der Waals surface area contributed by atoms with Crippen LogP contribution in [0.25, 0.3) is 11.3 Å². The summed E-state index contributed by atoms with van der Waals surface area (Å²) in [4.78, 5) is 16.3. The standard InChI is InChI=1S/C21H21N3O3/c1-14-18(20(24-27-14)16-5-3-2-4-6-16)13-26-19-10-9-17(12-22-19)21(25)23-11-15-7-8-15/h2-6,9-10,12,15H,7-8,11,13H2,1H3,(H,23,25). The Morgan fingerprint density at radius 1 is 1.22 bits per heavy atom. The maximum absolute atomic E-state index is 12.1. The molecule has 1 saturated carbocycles. The third kappa shape index (κ3) is 4.16. The smallest absolute Gasteiger partial charge is 0.252 e. The van der Waals surface area contributed by atoms with Crippen molar-refractivity contribution < 1.29 is 14.1 Å². The van der Waals surface area contributed by atoms with Crippen LogP contribution in [0.2, 0.25) is 0 Å². The van der Waals surface area contributed by atoms with Gasteiger partial charge >= 0.3 is 0 Å². The largest absolute Gasteiger partial charge is 0.473 e. The average molecular weight is 363 g/mol. The zero-order chi connectivity index (χ0) is 18.6. The quantitative estimate of drug-likeness (QED) is 0.691. The maximum atomic E-state index is 12.1. The molecule has 4 rings (SSSR count). The van der Waals surface area contributed by atoms with Gasteiger partial charge < -0.3 is 14.6 Å². The van der Waals surface area contributed by atoms with E-state index >= 15 is 0 Å². The molecule has 1 aliphatic carbocycles. The summed E-state index contributed by atoms with van der Waals surface area (Å²) in [7, 11) is 0. The van der Waals surface area contributed by atoms with Gasteiger partial charge in [-0.3, -0.25) is 4.79 Å². The topological polar surface area (TPSA) is 77.2 Å². The summed E-state index contributed by atoms with van der Waals surface area (Å²) in [5, 5.41) is 7.07. The Bertz CT molecular complexity index is 916. The van der Waals surface area contributed by atoms with E-state index in [-0.39, 0.29) is 5.91 Å². The lowest BCUT2D eigenvalue weighted by atomic mass is 10.1. The number of aromatic nitrogens is 2. The van der Waals surface area contributed by atoms with Crippen LogP contribution in [-0.4, -0.2) is 22.6 Å². The third-order valence-corrected chi connectivity index (χ3v) is 4.64. The Hall–Kier alpha value is -3.15. The summed E-state index contributed by atoms with van der Waals surface area (Å²) in [6.07, 6.45) is 3.95. The number of rotatable bonds is 7. The van der Waals surface area contributed by atoms with Crippen molar-refractivity contribution >= 4 is 5.91 Å². The second-order valence-electron chi connectivity index (χ2n) is 6.76. The molecule has 1 aromatic carbocycles. The van der Waals surface area contributed by atoms with Crippen LogP contribution in [0.5, 0.6) is 5.88 Å². The number of aryl methyl sites for hydroxylation is 1. The molecule has 1 N–H and O–H groups in total. The normalized spacial score (nSPS) is 13.4. The average Bonchev–Trinajstić information content (AvgIpc) is 3.47. The molecule has 0 radical (unpaired) electrons. The molecule has 0 spiro atoms. The SMILES string of the molecule is Cc1onc(-c2ccccc2)c1COc1ccc(C(=O)NCC2CC2)cn1. The molecule has 2 heterocycles. The monoisotopic (exact) mass is 363 g/mol. The van der Waals surface area contributed by atoms with Crippen LogP contribution in [0.4, 0.5) is 0 Å². The van der Waals surface area contributed by atoms with E-state index in [1.807, 2.05) is 37.3 Å². The van der Waals surface area contributed by atoms with Crippen LogP contribution in [0, 0.1) is 12.8 Å². The number of hydrogen-bond donors (Lipinski definition) is 1. The van der Waals surface area contributed by atoms with Crippen molar-refractivity contribution in [3.8, 4) is 17.1 Å². The Morgan fingerprint density at radius 2 is 2.04 bits per heavy atom. The fraction of sp³-hybridized carbons (Fsp3) is 0.286. The van der Waals surface area contributed by atoms with E-state index in [9.17, 15) is 4.79 Å². The van der Waals surface area contributed by atoms with Crippen LogP contribution < -0.4 is 10.1 Å². The third-order valence-electron chi connectivity index (χ3n) is 4.64. The molecule has 138 valence electrons. The van der Waals surface area contributed by atoms with Crippen molar-refractivity contribution in [3.05, 3.63) is 65.5 Å². The Morgan fingerprint density at radius 3 is 2.74 bits per heavy atom. The summed E-state index contributed by atoms with van der Waals surface area (Å²) in [6, 6.07) is 13.3. The molecule has 6 nitrogen and oxygen atoms in total. The van der Waals surface area contributed by atoms with Gasteiger partial charge in [0.25, 0.3) is 5.91 Å². The van der Waals surface area contributed by atoms with Gasteiger partial charge in [-0.25, -0.2) is 4.98 Å². The molecular weight excluding hydrogens is 342 g/mol. The molecule has 6 heteroatoms. The van der Waals surface area contributed by atoms with Crippen molar-refractivity contribution in [2.24, 2.45) is 5.92 Å². The molecule has 27 heavy (non-hydrogen) atoms. The van der Waals surface area contributed by atoms with Crippen LogP contribution in [0.1, 0.15) is 34.5 Å². The number of amides is 1. The van der Waals surface area contributed by atoms with Gasteiger partial charge in [0, 0.05) is 24.4 Å². The Kier molecular flexibility index (Phi) is 4.87. The van der Waals surface area contributed by atoms with Crippen LogP contribution in [-0.2, 0) is 6.61 Å². The fourth-order valence-corrected chi connectivity index (χ4v) is 2.79. The van der Waals surface area contributed by atoms with Gasteiger partial charge in [0.15, 0.2) is 0 Å². The summed E-state index contributed by atoms with van der Waals surface area (Å²) >= 11 is 0. The molecule has 2 aromatic heterocycles. The Labute approximate surface area is 157 Å². The minimum atomic E-state index is -0.0952. The number of ether oxygens (including phenoxy) is 1. The van der Waals surface area contributed by atoms with Crippen molar-refractivity contribution in [1.29, 1.82) is 0 Å². The summed E-state index contributed by atoms with van der Waals surface area (Å²) in [5.74, 6) is 1.72. The second-order valence-corrected chi connectivity index (χ2v) is 6.76. The first kappa shape index (κ1) is 17.3. The number of pyridine rings is 1. The summed E-state index contributed by atoms with van der Waals surface area (Å²) in [5.41, 5.74) is 3.16. The predicted molar refractivity (Wildman–Crippen MR) is 100 cm³/mol. The van der Waals surface area contributed by atoms with Crippen molar-refractivity contribution in [2.75, 3.05) is 6.54 Å². The molecule has 1 fully saturated rings. The highest BCUT2D eigenvalue weighted by atomic mass is 16.5. The first-order valence-corrected chi connectivity index (χ1v) is 9.08. The van der Waals surface area contributed by atoms with Gasteiger partial charge in [0.05, 0.1) is 11.1 Å². The molecule has 0 bridgehead atoms. The number of benzene rings is 1. The van der Waals surface area contributed by atoms with E-state index < -0.39 is 0 Å². The first-order chi connectivity index (χ1) is 13.2. The van der Waals surface area contributed by atoms with E-state index in [2.05, 4.69) is 15.5 Å². The minimum Gasteiger partial charge on any atom is -0.473 e. The van der Waals surface area contributed by atoms with Crippen molar-refractivity contribution in [3.63, 3.8) is 0 Å². The Balaban J connectivity index is 1.40. The number of hydrogen-bond acceptors (Lipinski definition) is 5. The van der Waals surface area contributed by atoms with Crippen LogP contribution in [0.15, 0.2) is 53.2 Å². The molecule has 3 aromatic rings. The van der Waals surface area contributed by atoms with E-state index in [1.165, 1.54) is 19.0 Å². The number of nitrogens with one attached hydrogen (secondary N) is 1.